The Balaban J connectivity index is 2.19. The van der Waals surface area contributed by atoms with Crippen LogP contribution in [-0.2, 0) is 16.1 Å². The van der Waals surface area contributed by atoms with Crippen LogP contribution in [0.3, 0.4) is 0 Å². The van der Waals surface area contributed by atoms with Crippen LogP contribution in [0.15, 0.2) is 48.5 Å². The molecule has 2 rings (SSSR count). The van der Waals surface area contributed by atoms with Crippen molar-refractivity contribution in [2.75, 3.05) is 13.7 Å². The second-order valence-electron chi connectivity index (χ2n) is 5.91. The number of rotatable bonds is 8. The molecule has 2 aromatic carbocycles. The maximum atomic E-state index is 13.7. The second kappa shape index (κ2) is 9.92. The largest absolute Gasteiger partial charge is 0.481 e. The molecule has 2 aromatic rings. The number of carbonyl (C=O) groups is 2. The highest BCUT2D eigenvalue weighted by atomic mass is 35.5. The molecule has 0 saturated heterocycles. The zero-order valence-corrected chi connectivity index (χ0v) is 16.0. The Morgan fingerprint density at radius 3 is 2.44 bits per heavy atom. The molecule has 144 valence electrons. The minimum absolute atomic E-state index is 0.00900. The second-order valence-corrected chi connectivity index (χ2v) is 6.34. The van der Waals surface area contributed by atoms with Gasteiger partial charge in [0.1, 0.15) is 6.04 Å². The predicted octanol–water partition coefficient (Wildman–Crippen LogP) is 3.41. The lowest BCUT2D eigenvalue weighted by Crippen LogP contribution is -2.49. The Bertz CT molecular complexity index is 783. The molecular weight excluding hydrogens is 371 g/mol. The average Bonchev–Trinajstić information content (AvgIpc) is 2.68. The van der Waals surface area contributed by atoms with Crippen molar-refractivity contribution in [3.05, 3.63) is 64.9 Å². The van der Waals surface area contributed by atoms with E-state index in [2.05, 4.69) is 5.32 Å². The van der Waals surface area contributed by atoms with Gasteiger partial charge >= 0.3 is 0 Å². The van der Waals surface area contributed by atoms with Gasteiger partial charge in [0.15, 0.2) is 18.2 Å². The zero-order valence-electron chi connectivity index (χ0n) is 15.2. The highest BCUT2D eigenvalue weighted by Gasteiger charge is 2.28. The first kappa shape index (κ1) is 20.7. The Labute approximate surface area is 163 Å². The Morgan fingerprint density at radius 2 is 1.85 bits per heavy atom. The van der Waals surface area contributed by atoms with Crippen molar-refractivity contribution >= 4 is 23.4 Å². The van der Waals surface area contributed by atoms with Crippen molar-refractivity contribution in [2.24, 2.45) is 0 Å². The van der Waals surface area contributed by atoms with Crippen LogP contribution in [0.1, 0.15) is 18.9 Å². The van der Waals surface area contributed by atoms with Gasteiger partial charge in [-0.25, -0.2) is 4.39 Å². The molecule has 7 heteroatoms. The van der Waals surface area contributed by atoms with Crippen LogP contribution in [0, 0.1) is 5.82 Å². The summed E-state index contributed by atoms with van der Waals surface area (Å²) >= 11 is 5.91. The van der Waals surface area contributed by atoms with E-state index in [1.54, 1.807) is 30.3 Å². The minimum atomic E-state index is -0.664. The topological polar surface area (TPSA) is 58.6 Å². The third-order valence-corrected chi connectivity index (χ3v) is 4.34. The number of nitrogens with one attached hydrogen (secondary N) is 1. The van der Waals surface area contributed by atoms with E-state index in [9.17, 15) is 14.0 Å². The Morgan fingerprint density at radius 1 is 1.19 bits per heavy atom. The summed E-state index contributed by atoms with van der Waals surface area (Å²) in [7, 11) is 1.52. The molecule has 1 atom stereocenters. The van der Waals surface area contributed by atoms with Crippen LogP contribution in [0.5, 0.6) is 5.75 Å². The van der Waals surface area contributed by atoms with Crippen molar-refractivity contribution in [1.82, 2.24) is 10.2 Å². The van der Waals surface area contributed by atoms with E-state index in [0.717, 1.165) is 5.56 Å². The number of hydrogen-bond acceptors (Lipinski definition) is 3. The first-order valence-corrected chi connectivity index (χ1v) is 8.96. The van der Waals surface area contributed by atoms with Crippen LogP contribution in [-0.4, -0.2) is 36.4 Å². The van der Waals surface area contributed by atoms with Crippen LogP contribution in [0.2, 0.25) is 5.02 Å². The number of amides is 2. The van der Waals surface area contributed by atoms with E-state index >= 15 is 0 Å². The molecule has 0 spiro atoms. The summed E-state index contributed by atoms with van der Waals surface area (Å²) in [5.74, 6) is -1.24. The Kier molecular flexibility index (Phi) is 7.61. The lowest BCUT2D eigenvalue weighted by Gasteiger charge is -2.30. The van der Waals surface area contributed by atoms with Crippen molar-refractivity contribution in [3.8, 4) is 5.75 Å². The monoisotopic (exact) mass is 392 g/mol. The maximum absolute atomic E-state index is 13.7. The molecule has 2 amide bonds. The molecule has 0 unspecified atom stereocenters. The lowest BCUT2D eigenvalue weighted by atomic mass is 10.1. The molecule has 0 aliphatic carbocycles. The summed E-state index contributed by atoms with van der Waals surface area (Å²) in [5.41, 5.74) is 0.820. The van der Waals surface area contributed by atoms with Gasteiger partial charge in [-0.05, 0) is 36.2 Å². The fraction of sp³-hybridized carbons (Fsp3) is 0.300. The van der Waals surface area contributed by atoms with Crippen LogP contribution < -0.4 is 10.1 Å². The average molecular weight is 393 g/mol. The summed E-state index contributed by atoms with van der Waals surface area (Å²) in [6, 6.07) is 12.2. The number of carbonyl (C=O) groups excluding carboxylic acids is 2. The summed E-state index contributed by atoms with van der Waals surface area (Å²) in [6.07, 6.45) is 0.429. The van der Waals surface area contributed by atoms with E-state index < -0.39 is 17.8 Å². The van der Waals surface area contributed by atoms with Gasteiger partial charge in [0.05, 0.1) is 0 Å². The van der Waals surface area contributed by atoms with Crippen molar-refractivity contribution < 1.29 is 18.7 Å². The van der Waals surface area contributed by atoms with Gasteiger partial charge in [0, 0.05) is 18.6 Å². The van der Waals surface area contributed by atoms with Crippen LogP contribution in [0.25, 0.3) is 0 Å². The third kappa shape index (κ3) is 5.69. The summed E-state index contributed by atoms with van der Waals surface area (Å²) in [4.78, 5) is 26.5. The summed E-state index contributed by atoms with van der Waals surface area (Å²) in [5, 5.41) is 3.16. The number of hydrogen-bond donors (Lipinski definition) is 1. The third-order valence-electron chi connectivity index (χ3n) is 4.09. The molecule has 0 saturated carbocycles. The molecule has 0 aliphatic rings. The molecule has 0 aromatic heterocycles. The van der Waals surface area contributed by atoms with Crippen molar-refractivity contribution in [3.63, 3.8) is 0 Å². The molecule has 0 bridgehead atoms. The SMILES string of the molecule is CC[C@H](C(=O)NC)N(Cc1ccc(Cl)cc1)C(=O)COc1ccccc1F. The highest BCUT2D eigenvalue weighted by molar-refractivity contribution is 6.30. The van der Waals surface area contributed by atoms with Crippen molar-refractivity contribution in [1.29, 1.82) is 0 Å². The van der Waals surface area contributed by atoms with Crippen LogP contribution in [0.4, 0.5) is 4.39 Å². The number of para-hydroxylation sites is 1. The molecule has 0 aliphatic heterocycles. The molecule has 0 heterocycles. The van der Waals surface area contributed by atoms with Gasteiger partial charge in [-0.1, -0.05) is 42.8 Å². The normalized spacial score (nSPS) is 11.6. The standard InChI is InChI=1S/C20H22ClFN2O3/c1-3-17(20(26)23-2)24(12-14-8-10-15(21)11-9-14)19(25)13-27-18-7-5-4-6-16(18)22/h4-11,17H,3,12-13H2,1-2H3,(H,23,26)/t17-/m1/s1. The highest BCUT2D eigenvalue weighted by Crippen LogP contribution is 2.18. The van der Waals surface area contributed by atoms with Gasteiger partial charge < -0.3 is 15.0 Å². The van der Waals surface area contributed by atoms with E-state index in [-0.39, 0.29) is 24.8 Å². The molecule has 1 N–H and O–H groups in total. The minimum Gasteiger partial charge on any atom is -0.481 e. The summed E-state index contributed by atoms with van der Waals surface area (Å²) < 4.78 is 19.0. The first-order valence-electron chi connectivity index (χ1n) is 8.59. The number of likely N-dealkylation sites (N-methyl/N-ethyl adjacent to an activating group) is 1. The fourth-order valence-corrected chi connectivity index (χ4v) is 2.78. The van der Waals surface area contributed by atoms with E-state index in [0.29, 0.717) is 11.4 Å². The molecule has 0 fully saturated rings. The van der Waals surface area contributed by atoms with E-state index in [1.807, 2.05) is 6.92 Å². The van der Waals surface area contributed by atoms with Gasteiger partial charge in [0.2, 0.25) is 5.91 Å². The molecule has 0 radical (unpaired) electrons. The van der Waals surface area contributed by atoms with Crippen molar-refractivity contribution in [2.45, 2.75) is 25.9 Å². The van der Waals surface area contributed by atoms with Gasteiger partial charge in [-0.3, -0.25) is 9.59 Å². The quantitative estimate of drug-likeness (QED) is 0.749. The van der Waals surface area contributed by atoms with E-state index in [1.165, 1.54) is 30.1 Å². The van der Waals surface area contributed by atoms with Gasteiger partial charge in [-0.2, -0.15) is 0 Å². The van der Waals surface area contributed by atoms with E-state index in [4.69, 9.17) is 16.3 Å². The number of nitrogens with zero attached hydrogens (tertiary/aromatic N) is 1. The molecular formula is C20H22ClFN2O3. The number of ether oxygens (including phenoxy) is 1. The maximum Gasteiger partial charge on any atom is 0.261 e. The van der Waals surface area contributed by atoms with Gasteiger partial charge in [-0.15, -0.1) is 0 Å². The lowest BCUT2D eigenvalue weighted by molar-refractivity contribution is -0.142. The molecule has 27 heavy (non-hydrogen) atoms. The summed E-state index contributed by atoms with van der Waals surface area (Å²) in [6.45, 7) is 1.66. The number of halogens is 2. The van der Waals surface area contributed by atoms with Gasteiger partial charge in [0.25, 0.3) is 5.91 Å². The van der Waals surface area contributed by atoms with Crippen LogP contribution >= 0.6 is 11.6 Å². The first-order chi connectivity index (χ1) is 13.0. The zero-order chi connectivity index (χ0) is 19.8. The predicted molar refractivity (Wildman–Crippen MR) is 102 cm³/mol. The molecule has 5 nitrogen and oxygen atoms in total. The fourth-order valence-electron chi connectivity index (χ4n) is 2.66. The Hall–Kier alpha value is -2.60. The number of benzene rings is 2. The smallest absolute Gasteiger partial charge is 0.261 e.